The molecule has 0 saturated heterocycles. The van der Waals surface area contributed by atoms with E-state index in [9.17, 15) is 0 Å². The number of rotatable bonds is 2. The molecule has 0 aromatic carbocycles. The van der Waals surface area contributed by atoms with Gasteiger partial charge in [-0.25, -0.2) is 0 Å². The Labute approximate surface area is 55.3 Å². The summed E-state index contributed by atoms with van der Waals surface area (Å²) in [5, 5.41) is 7.11. The standard InChI is InChI=1S/C7H10N2/c1-3-5-6-7-9-8-4-2/h3-6H,1-2H3/b5-3-,8-4-. The van der Waals surface area contributed by atoms with Crippen molar-refractivity contribution in [1.29, 1.82) is 0 Å². The van der Waals surface area contributed by atoms with Crippen LogP contribution in [0.2, 0.25) is 0 Å². The normalized spacial score (nSPS) is 10.0. The third kappa shape index (κ3) is 6.86. The Bertz CT molecular complexity index is 144. The maximum absolute atomic E-state index is 3.57. The number of hydrogen-bond acceptors (Lipinski definition) is 2. The topological polar surface area (TPSA) is 24.7 Å². The first kappa shape index (κ1) is 7.86. The molecule has 0 spiro atoms. The molecule has 9 heavy (non-hydrogen) atoms. The van der Waals surface area contributed by atoms with Crippen molar-refractivity contribution in [3.05, 3.63) is 18.2 Å². The zero-order chi connectivity index (χ0) is 6.95. The molecule has 0 saturated carbocycles. The summed E-state index contributed by atoms with van der Waals surface area (Å²) in [5.41, 5.74) is 0. The molecule has 2 heteroatoms. The molecule has 2 nitrogen and oxygen atoms in total. The second-order valence-electron chi connectivity index (χ2n) is 1.30. The Hall–Kier alpha value is -1.14. The van der Waals surface area contributed by atoms with E-state index in [1.165, 1.54) is 0 Å². The van der Waals surface area contributed by atoms with Crippen LogP contribution in [0.15, 0.2) is 28.4 Å². The molecule has 0 radical (unpaired) electrons. The molecule has 0 N–H and O–H groups in total. The molecule has 0 amide bonds. The van der Waals surface area contributed by atoms with Gasteiger partial charge in [0.15, 0.2) is 0 Å². The first-order chi connectivity index (χ1) is 4.41. The van der Waals surface area contributed by atoms with E-state index in [-0.39, 0.29) is 0 Å². The maximum Gasteiger partial charge on any atom is 0.0247 e. The molecule has 0 aliphatic rings. The predicted octanol–water partition coefficient (Wildman–Crippen LogP) is 1.79. The number of nitrogens with zero attached hydrogens (tertiary/aromatic N) is 2. The van der Waals surface area contributed by atoms with Crippen molar-refractivity contribution in [2.75, 3.05) is 0 Å². The van der Waals surface area contributed by atoms with Gasteiger partial charge in [0.2, 0.25) is 0 Å². The van der Waals surface area contributed by atoms with E-state index in [0.717, 1.165) is 0 Å². The molecule has 0 fully saturated rings. The Morgan fingerprint density at radius 1 is 1.33 bits per heavy atom. The van der Waals surface area contributed by atoms with Crippen molar-refractivity contribution >= 4 is 12.1 Å². The molecule has 0 aliphatic heterocycles. The first-order valence-corrected chi connectivity index (χ1v) is 2.79. The SMILES string of the molecule is C/C=C\C=C=N/N=C\C. The highest BCUT2D eigenvalue weighted by Gasteiger charge is 1.53. The summed E-state index contributed by atoms with van der Waals surface area (Å²) in [6.45, 7) is 3.74. The molecule has 48 valence electrons. The Morgan fingerprint density at radius 2 is 2.11 bits per heavy atom. The molecule has 0 aliphatic carbocycles. The fourth-order valence-electron chi connectivity index (χ4n) is 0.264. The van der Waals surface area contributed by atoms with Gasteiger partial charge in [-0.2, -0.15) is 5.10 Å². The van der Waals surface area contributed by atoms with Gasteiger partial charge in [-0.1, -0.05) is 12.2 Å². The fraction of sp³-hybridized carbons (Fsp3) is 0.286. The van der Waals surface area contributed by atoms with Gasteiger partial charge in [0.25, 0.3) is 0 Å². The van der Waals surface area contributed by atoms with Gasteiger partial charge >= 0.3 is 0 Å². The predicted molar refractivity (Wildman–Crippen MR) is 41.0 cm³/mol. The van der Waals surface area contributed by atoms with Crippen LogP contribution >= 0.6 is 0 Å². The first-order valence-electron chi connectivity index (χ1n) is 2.79. The highest BCUT2D eigenvalue weighted by atomic mass is 15.2. The van der Waals surface area contributed by atoms with Crippen LogP contribution < -0.4 is 0 Å². The van der Waals surface area contributed by atoms with Crippen molar-refractivity contribution in [3.8, 4) is 0 Å². The molecule has 0 atom stereocenters. The van der Waals surface area contributed by atoms with Crippen molar-refractivity contribution in [2.45, 2.75) is 13.8 Å². The van der Waals surface area contributed by atoms with E-state index in [0.29, 0.717) is 0 Å². The summed E-state index contributed by atoms with van der Waals surface area (Å²) < 4.78 is 0. The molecule has 0 aromatic rings. The summed E-state index contributed by atoms with van der Waals surface area (Å²) in [7, 11) is 0. The monoisotopic (exact) mass is 122 g/mol. The fourth-order valence-corrected chi connectivity index (χ4v) is 0.264. The van der Waals surface area contributed by atoms with Crippen LogP contribution in [0.3, 0.4) is 0 Å². The minimum Gasteiger partial charge on any atom is -0.155 e. The van der Waals surface area contributed by atoms with Gasteiger partial charge in [0.1, 0.15) is 0 Å². The van der Waals surface area contributed by atoms with E-state index in [1.54, 1.807) is 19.2 Å². The lowest BCUT2D eigenvalue weighted by Crippen LogP contribution is -1.54. The summed E-state index contributed by atoms with van der Waals surface area (Å²) in [6, 6.07) is 0. The third-order valence-corrected chi connectivity index (χ3v) is 0.594. The number of allylic oxidation sites excluding steroid dienone is 3. The van der Waals surface area contributed by atoms with Crippen LogP contribution in [0.5, 0.6) is 0 Å². The Balaban J connectivity index is 3.67. The summed E-state index contributed by atoms with van der Waals surface area (Å²) in [5.74, 6) is 2.60. The second-order valence-corrected chi connectivity index (χ2v) is 1.30. The Morgan fingerprint density at radius 3 is 2.67 bits per heavy atom. The molecule has 0 aromatic heterocycles. The summed E-state index contributed by atoms with van der Waals surface area (Å²) in [4.78, 5) is 0. The summed E-state index contributed by atoms with van der Waals surface area (Å²) >= 11 is 0. The van der Waals surface area contributed by atoms with Gasteiger partial charge in [-0.15, -0.1) is 5.10 Å². The largest absolute Gasteiger partial charge is 0.155 e. The minimum absolute atomic E-state index is 1.61. The lowest BCUT2D eigenvalue weighted by molar-refractivity contribution is 1.27. The molecule has 0 unspecified atom stereocenters. The lowest BCUT2D eigenvalue weighted by atomic mass is 10.5. The average Bonchev–Trinajstić information content (AvgIpc) is 1.89. The quantitative estimate of drug-likeness (QED) is 0.303. The maximum atomic E-state index is 3.57. The van der Waals surface area contributed by atoms with Gasteiger partial charge in [-0.3, -0.25) is 0 Å². The van der Waals surface area contributed by atoms with Crippen molar-refractivity contribution in [1.82, 2.24) is 0 Å². The molecule has 0 rings (SSSR count). The summed E-state index contributed by atoms with van der Waals surface area (Å²) in [6.07, 6.45) is 7.05. The van der Waals surface area contributed by atoms with Crippen LogP contribution in [-0.2, 0) is 0 Å². The van der Waals surface area contributed by atoms with Crippen LogP contribution in [-0.4, -0.2) is 12.1 Å². The van der Waals surface area contributed by atoms with Crippen LogP contribution in [0.25, 0.3) is 0 Å². The van der Waals surface area contributed by atoms with Crippen molar-refractivity contribution in [3.63, 3.8) is 0 Å². The highest BCUT2D eigenvalue weighted by molar-refractivity contribution is 5.57. The van der Waals surface area contributed by atoms with Crippen LogP contribution in [0.4, 0.5) is 0 Å². The van der Waals surface area contributed by atoms with Crippen molar-refractivity contribution < 1.29 is 0 Å². The average molecular weight is 122 g/mol. The van der Waals surface area contributed by atoms with E-state index in [4.69, 9.17) is 0 Å². The van der Waals surface area contributed by atoms with Gasteiger partial charge < -0.3 is 0 Å². The smallest absolute Gasteiger partial charge is 0.0247 e. The van der Waals surface area contributed by atoms with Gasteiger partial charge in [-0.05, 0) is 13.8 Å². The minimum atomic E-state index is 1.61. The highest BCUT2D eigenvalue weighted by Crippen LogP contribution is 1.68. The van der Waals surface area contributed by atoms with Gasteiger partial charge in [0.05, 0.1) is 0 Å². The Kier molecular flexibility index (Phi) is 5.99. The van der Waals surface area contributed by atoms with E-state index < -0.39 is 0 Å². The van der Waals surface area contributed by atoms with E-state index >= 15 is 0 Å². The molecular formula is C7H10N2. The van der Waals surface area contributed by atoms with E-state index in [1.807, 2.05) is 19.1 Å². The van der Waals surface area contributed by atoms with E-state index in [2.05, 4.69) is 16.1 Å². The molecular weight excluding hydrogens is 112 g/mol. The second kappa shape index (κ2) is 6.86. The lowest BCUT2D eigenvalue weighted by Gasteiger charge is -1.64. The van der Waals surface area contributed by atoms with Crippen molar-refractivity contribution in [2.24, 2.45) is 10.2 Å². The van der Waals surface area contributed by atoms with Crippen LogP contribution in [0, 0.1) is 0 Å². The zero-order valence-electron chi connectivity index (χ0n) is 5.70. The zero-order valence-corrected chi connectivity index (χ0v) is 5.70. The number of hydrogen-bond donors (Lipinski definition) is 0. The van der Waals surface area contributed by atoms with Crippen LogP contribution in [0.1, 0.15) is 13.8 Å². The van der Waals surface area contributed by atoms with Gasteiger partial charge in [0, 0.05) is 18.2 Å². The molecule has 0 heterocycles. The molecule has 0 bridgehead atoms. The third-order valence-electron chi connectivity index (χ3n) is 0.594.